The molecule has 3 rings (SSSR count). The van der Waals surface area contributed by atoms with E-state index in [4.69, 9.17) is 5.26 Å². The van der Waals surface area contributed by atoms with Crippen molar-refractivity contribution in [2.24, 2.45) is 0 Å². The molecule has 0 unspecified atom stereocenters. The van der Waals surface area contributed by atoms with Crippen LogP contribution in [0.4, 0.5) is 5.69 Å². The van der Waals surface area contributed by atoms with E-state index in [0.29, 0.717) is 5.69 Å². The molecule has 0 aliphatic carbocycles. The second-order valence-corrected chi connectivity index (χ2v) is 5.01. The number of anilines is 1. The van der Waals surface area contributed by atoms with Gasteiger partial charge in [-0.15, -0.1) is 10.2 Å². The lowest BCUT2D eigenvalue weighted by molar-refractivity contribution is -0.115. The van der Waals surface area contributed by atoms with Gasteiger partial charge in [0.05, 0.1) is 6.07 Å². The van der Waals surface area contributed by atoms with Gasteiger partial charge in [0.15, 0.2) is 5.82 Å². The maximum Gasteiger partial charge on any atom is 0.238 e. The van der Waals surface area contributed by atoms with E-state index in [0.717, 1.165) is 43.0 Å². The van der Waals surface area contributed by atoms with Crippen molar-refractivity contribution in [1.29, 1.82) is 5.26 Å². The number of carbonyl (C=O) groups excluding carboxylic acids is 1. The van der Waals surface area contributed by atoms with Crippen molar-refractivity contribution >= 4 is 11.6 Å². The van der Waals surface area contributed by atoms with Crippen LogP contribution in [0.5, 0.6) is 0 Å². The van der Waals surface area contributed by atoms with Gasteiger partial charge in [-0.2, -0.15) is 5.26 Å². The molecule has 1 aromatic carbocycles. The van der Waals surface area contributed by atoms with Crippen LogP contribution >= 0.6 is 0 Å². The molecule has 6 nitrogen and oxygen atoms in total. The fraction of sp³-hybridized carbons (Fsp3) is 0.333. The lowest BCUT2D eigenvalue weighted by Gasteiger charge is -2.15. The molecule has 2 heterocycles. The Kier molecular flexibility index (Phi) is 3.65. The van der Waals surface area contributed by atoms with E-state index >= 15 is 0 Å². The first kappa shape index (κ1) is 13.3. The van der Waals surface area contributed by atoms with Crippen molar-refractivity contribution in [3.63, 3.8) is 0 Å². The Morgan fingerprint density at radius 1 is 1.38 bits per heavy atom. The van der Waals surface area contributed by atoms with Gasteiger partial charge in [0, 0.05) is 24.2 Å². The van der Waals surface area contributed by atoms with Gasteiger partial charge in [0.1, 0.15) is 12.2 Å². The van der Waals surface area contributed by atoms with E-state index in [9.17, 15) is 4.79 Å². The largest absolute Gasteiger partial charge is 0.325 e. The number of hydrogen-bond acceptors (Lipinski definition) is 4. The molecule has 21 heavy (non-hydrogen) atoms. The van der Waals surface area contributed by atoms with Crippen LogP contribution in [0.25, 0.3) is 11.4 Å². The predicted molar refractivity (Wildman–Crippen MR) is 77.3 cm³/mol. The van der Waals surface area contributed by atoms with Crippen LogP contribution in [0.1, 0.15) is 25.1 Å². The number of rotatable bonds is 3. The Balaban J connectivity index is 1.88. The molecule has 1 amide bonds. The normalized spacial score (nSPS) is 13.3. The van der Waals surface area contributed by atoms with Crippen molar-refractivity contribution in [3.8, 4) is 17.5 Å². The van der Waals surface area contributed by atoms with Crippen LogP contribution < -0.4 is 5.32 Å². The molecular weight excluding hydrogens is 266 g/mol. The Morgan fingerprint density at radius 3 is 3.14 bits per heavy atom. The molecule has 1 aliphatic rings. The predicted octanol–water partition coefficient (Wildman–Crippen LogP) is 2.13. The van der Waals surface area contributed by atoms with Crippen molar-refractivity contribution in [2.75, 3.05) is 5.32 Å². The maximum atomic E-state index is 11.5. The molecule has 106 valence electrons. The van der Waals surface area contributed by atoms with Crippen LogP contribution in [0.2, 0.25) is 0 Å². The summed E-state index contributed by atoms with van der Waals surface area (Å²) < 4.78 is 2.14. The lowest BCUT2D eigenvalue weighted by Crippen LogP contribution is -2.12. The number of fused-ring (bicyclic) bond motifs is 1. The molecule has 6 heteroatoms. The Bertz CT molecular complexity index is 713. The van der Waals surface area contributed by atoms with Crippen LogP contribution in [0.15, 0.2) is 24.3 Å². The summed E-state index contributed by atoms with van der Waals surface area (Å²) in [5.41, 5.74) is 1.59. The van der Waals surface area contributed by atoms with E-state index in [2.05, 4.69) is 20.1 Å². The highest BCUT2D eigenvalue weighted by Crippen LogP contribution is 2.25. The average Bonchev–Trinajstić information content (AvgIpc) is 2.91. The van der Waals surface area contributed by atoms with Crippen LogP contribution in [0.3, 0.4) is 0 Å². The van der Waals surface area contributed by atoms with Gasteiger partial charge >= 0.3 is 0 Å². The van der Waals surface area contributed by atoms with Crippen LogP contribution in [0, 0.1) is 11.3 Å². The van der Waals surface area contributed by atoms with Crippen molar-refractivity contribution in [1.82, 2.24) is 14.8 Å². The highest BCUT2D eigenvalue weighted by molar-refractivity contribution is 5.92. The molecule has 2 aromatic rings. The number of benzene rings is 1. The number of nitriles is 1. The number of carbonyl (C=O) groups is 1. The van der Waals surface area contributed by atoms with Crippen LogP contribution in [-0.2, 0) is 17.8 Å². The molecular formula is C15H15N5O. The SMILES string of the molecule is N#CCC(=O)Nc1cccc(-c2nnc3n2CCCC3)c1. The third-order valence-electron chi connectivity index (χ3n) is 3.50. The molecule has 0 spiro atoms. The summed E-state index contributed by atoms with van der Waals surface area (Å²) in [4.78, 5) is 11.5. The third-order valence-corrected chi connectivity index (χ3v) is 3.50. The van der Waals surface area contributed by atoms with Gasteiger partial charge in [-0.25, -0.2) is 0 Å². The molecule has 0 fully saturated rings. The highest BCUT2D eigenvalue weighted by Gasteiger charge is 2.17. The van der Waals surface area contributed by atoms with Crippen molar-refractivity contribution < 1.29 is 4.79 Å². The quantitative estimate of drug-likeness (QED) is 0.934. The third kappa shape index (κ3) is 2.77. The summed E-state index contributed by atoms with van der Waals surface area (Å²) >= 11 is 0. The molecule has 1 aliphatic heterocycles. The highest BCUT2D eigenvalue weighted by atomic mass is 16.1. The number of amides is 1. The summed E-state index contributed by atoms with van der Waals surface area (Å²) in [5.74, 6) is 1.55. The van der Waals surface area contributed by atoms with E-state index in [-0.39, 0.29) is 12.3 Å². The van der Waals surface area contributed by atoms with Crippen molar-refractivity contribution in [2.45, 2.75) is 32.2 Å². The Hall–Kier alpha value is -2.68. The smallest absolute Gasteiger partial charge is 0.238 e. The first-order valence-electron chi connectivity index (χ1n) is 6.97. The summed E-state index contributed by atoms with van der Waals surface area (Å²) in [6, 6.07) is 9.31. The topological polar surface area (TPSA) is 83.6 Å². The van der Waals surface area contributed by atoms with Gasteiger partial charge in [0.2, 0.25) is 5.91 Å². The summed E-state index contributed by atoms with van der Waals surface area (Å²) in [6.07, 6.45) is 3.11. The molecule has 1 aromatic heterocycles. The zero-order chi connectivity index (χ0) is 14.7. The zero-order valence-corrected chi connectivity index (χ0v) is 11.5. The number of hydrogen-bond donors (Lipinski definition) is 1. The zero-order valence-electron chi connectivity index (χ0n) is 11.5. The van der Waals surface area contributed by atoms with Gasteiger partial charge in [-0.05, 0) is 25.0 Å². The van der Waals surface area contributed by atoms with Crippen molar-refractivity contribution in [3.05, 3.63) is 30.1 Å². The summed E-state index contributed by atoms with van der Waals surface area (Å²) in [7, 11) is 0. The molecule has 0 radical (unpaired) electrons. The number of nitrogens with zero attached hydrogens (tertiary/aromatic N) is 4. The number of aromatic nitrogens is 3. The first-order chi connectivity index (χ1) is 10.3. The second-order valence-electron chi connectivity index (χ2n) is 5.01. The molecule has 1 N–H and O–H groups in total. The molecule has 0 saturated heterocycles. The molecule has 0 saturated carbocycles. The average molecular weight is 281 g/mol. The minimum absolute atomic E-state index is 0.148. The van der Waals surface area contributed by atoms with Gasteiger partial charge < -0.3 is 9.88 Å². The minimum Gasteiger partial charge on any atom is -0.325 e. The van der Waals surface area contributed by atoms with E-state index in [1.54, 1.807) is 6.07 Å². The fourth-order valence-electron chi connectivity index (χ4n) is 2.53. The first-order valence-corrected chi connectivity index (χ1v) is 6.97. The number of nitrogens with one attached hydrogen (secondary N) is 1. The van der Waals surface area contributed by atoms with E-state index in [1.807, 2.05) is 24.3 Å². The monoisotopic (exact) mass is 281 g/mol. The minimum atomic E-state index is -0.307. The Morgan fingerprint density at radius 2 is 2.29 bits per heavy atom. The van der Waals surface area contributed by atoms with Gasteiger partial charge in [0.25, 0.3) is 0 Å². The summed E-state index contributed by atoms with van der Waals surface area (Å²) in [6.45, 7) is 0.933. The Labute approximate surface area is 122 Å². The standard InChI is InChI=1S/C15H15N5O/c16-8-7-14(21)17-12-5-3-4-11(10-12)15-19-18-13-6-1-2-9-20(13)15/h3-5,10H,1-2,6-7,9H2,(H,17,21). The van der Waals surface area contributed by atoms with Gasteiger partial charge in [-0.3, -0.25) is 4.79 Å². The summed E-state index contributed by atoms with van der Waals surface area (Å²) in [5, 5.41) is 19.7. The second kappa shape index (κ2) is 5.75. The van der Waals surface area contributed by atoms with E-state index in [1.165, 1.54) is 0 Å². The number of aryl methyl sites for hydroxylation is 1. The van der Waals surface area contributed by atoms with Crippen LogP contribution in [-0.4, -0.2) is 20.7 Å². The lowest BCUT2D eigenvalue weighted by atomic mass is 10.1. The molecule has 0 bridgehead atoms. The maximum absolute atomic E-state index is 11.5. The fourth-order valence-corrected chi connectivity index (χ4v) is 2.53. The van der Waals surface area contributed by atoms with E-state index < -0.39 is 0 Å². The molecule has 0 atom stereocenters. The van der Waals surface area contributed by atoms with Gasteiger partial charge in [-0.1, -0.05) is 12.1 Å².